The van der Waals surface area contributed by atoms with Crippen LogP contribution in [0.25, 0.3) is 11.0 Å². The third kappa shape index (κ3) is 4.97. The molecular formula is C23H31N5O4S. The molecule has 1 N–H and O–H groups in total. The van der Waals surface area contributed by atoms with Crippen molar-refractivity contribution in [3.8, 4) is 0 Å². The summed E-state index contributed by atoms with van der Waals surface area (Å²) in [4.78, 5) is 19.8. The van der Waals surface area contributed by atoms with Gasteiger partial charge in [0, 0.05) is 40.5 Å². The Morgan fingerprint density at radius 1 is 1.24 bits per heavy atom. The molecular weight excluding hydrogens is 442 g/mol. The first kappa shape index (κ1) is 23.5. The molecule has 10 heteroatoms. The number of imidazole rings is 1. The lowest BCUT2D eigenvalue weighted by molar-refractivity contribution is -0.121. The summed E-state index contributed by atoms with van der Waals surface area (Å²) in [6.45, 7) is 2.51. The van der Waals surface area contributed by atoms with E-state index in [1.54, 1.807) is 24.5 Å². The van der Waals surface area contributed by atoms with E-state index in [0.717, 1.165) is 43.0 Å². The van der Waals surface area contributed by atoms with Crippen molar-refractivity contribution < 1.29 is 17.6 Å². The number of furan rings is 1. The molecule has 178 valence electrons. The number of amides is 1. The number of carbonyl (C=O) groups excluding carboxylic acids is 1. The molecule has 1 atom stereocenters. The minimum Gasteiger partial charge on any atom is -0.468 e. The maximum absolute atomic E-state index is 12.6. The smallest absolute Gasteiger partial charge is 0.242 e. The van der Waals surface area contributed by atoms with Gasteiger partial charge >= 0.3 is 0 Å². The van der Waals surface area contributed by atoms with Crippen LogP contribution in [0.3, 0.4) is 0 Å². The van der Waals surface area contributed by atoms with Crippen LogP contribution in [0.15, 0.2) is 45.9 Å². The number of sulfonamides is 1. The summed E-state index contributed by atoms with van der Waals surface area (Å²) >= 11 is 0. The molecule has 1 aromatic carbocycles. The van der Waals surface area contributed by atoms with Crippen LogP contribution in [0.5, 0.6) is 0 Å². The normalized spacial score (nSPS) is 16.0. The number of aryl methyl sites for hydroxylation is 2. The van der Waals surface area contributed by atoms with E-state index in [1.165, 1.54) is 18.4 Å². The molecule has 3 heterocycles. The fraction of sp³-hybridized carbons (Fsp3) is 0.478. The molecule has 4 rings (SSSR count). The van der Waals surface area contributed by atoms with Gasteiger partial charge in [-0.2, -0.15) is 0 Å². The van der Waals surface area contributed by atoms with Crippen molar-refractivity contribution in [2.24, 2.45) is 7.05 Å². The van der Waals surface area contributed by atoms with Crippen LogP contribution < -0.4 is 5.32 Å². The van der Waals surface area contributed by atoms with Crippen molar-refractivity contribution in [3.05, 3.63) is 48.2 Å². The van der Waals surface area contributed by atoms with Crippen LogP contribution in [-0.2, 0) is 28.3 Å². The Morgan fingerprint density at radius 3 is 2.67 bits per heavy atom. The highest BCUT2D eigenvalue weighted by atomic mass is 32.2. The van der Waals surface area contributed by atoms with Crippen molar-refractivity contribution in [2.45, 2.75) is 36.6 Å². The van der Waals surface area contributed by atoms with E-state index < -0.39 is 10.0 Å². The summed E-state index contributed by atoms with van der Waals surface area (Å²) in [7, 11) is 1.35. The van der Waals surface area contributed by atoms with Gasteiger partial charge in [-0.3, -0.25) is 9.69 Å². The highest BCUT2D eigenvalue weighted by Crippen LogP contribution is 2.25. The van der Waals surface area contributed by atoms with Gasteiger partial charge in [-0.25, -0.2) is 17.7 Å². The second-order valence-corrected chi connectivity index (χ2v) is 10.8. The third-order valence-electron chi connectivity index (χ3n) is 6.24. The number of nitrogens with one attached hydrogen (secondary N) is 1. The van der Waals surface area contributed by atoms with E-state index in [0.29, 0.717) is 24.9 Å². The Labute approximate surface area is 194 Å². The van der Waals surface area contributed by atoms with Crippen molar-refractivity contribution >= 4 is 27.0 Å². The number of carbonyl (C=O) groups is 1. The molecule has 3 aromatic rings. The molecule has 1 unspecified atom stereocenters. The first-order chi connectivity index (χ1) is 15.8. The molecule has 0 saturated carbocycles. The Bertz CT molecular complexity index is 1210. The number of hydrogen-bond donors (Lipinski definition) is 1. The van der Waals surface area contributed by atoms with Crippen molar-refractivity contribution in [1.82, 2.24) is 24.1 Å². The van der Waals surface area contributed by atoms with Crippen LogP contribution in [0.1, 0.15) is 36.9 Å². The number of fused-ring (bicyclic) bond motifs is 1. The second-order valence-electron chi connectivity index (χ2n) is 8.60. The summed E-state index contributed by atoms with van der Waals surface area (Å²) in [5, 5.41) is 3.05. The first-order valence-electron chi connectivity index (χ1n) is 11.2. The number of aromatic nitrogens is 2. The van der Waals surface area contributed by atoms with Crippen molar-refractivity contribution in [3.63, 3.8) is 0 Å². The first-order valence-corrected chi connectivity index (χ1v) is 12.6. The average Bonchev–Trinajstić information content (AvgIpc) is 3.55. The van der Waals surface area contributed by atoms with Crippen LogP contribution in [0, 0.1) is 0 Å². The molecule has 1 aliphatic heterocycles. The van der Waals surface area contributed by atoms with E-state index >= 15 is 0 Å². The van der Waals surface area contributed by atoms with Gasteiger partial charge in [-0.15, -0.1) is 0 Å². The third-order valence-corrected chi connectivity index (χ3v) is 8.06. The van der Waals surface area contributed by atoms with E-state index in [9.17, 15) is 13.2 Å². The lowest BCUT2D eigenvalue weighted by atomic mass is 10.2. The summed E-state index contributed by atoms with van der Waals surface area (Å²) in [5.74, 6) is 1.56. The minimum atomic E-state index is -3.53. The molecule has 1 saturated heterocycles. The zero-order valence-corrected chi connectivity index (χ0v) is 20.1. The predicted octanol–water partition coefficient (Wildman–Crippen LogP) is 2.30. The number of hydrogen-bond acceptors (Lipinski definition) is 6. The van der Waals surface area contributed by atoms with Gasteiger partial charge in [0.2, 0.25) is 15.9 Å². The second kappa shape index (κ2) is 9.66. The minimum absolute atomic E-state index is 0.0410. The van der Waals surface area contributed by atoms with Gasteiger partial charge in [-0.05, 0) is 56.3 Å². The molecule has 0 aliphatic carbocycles. The van der Waals surface area contributed by atoms with Crippen LogP contribution in [0.4, 0.5) is 0 Å². The summed E-state index contributed by atoms with van der Waals surface area (Å²) in [5.41, 5.74) is 1.43. The monoisotopic (exact) mass is 473 g/mol. The number of nitrogens with zero attached hydrogens (tertiary/aromatic N) is 4. The van der Waals surface area contributed by atoms with Gasteiger partial charge in [-0.1, -0.05) is 0 Å². The van der Waals surface area contributed by atoms with E-state index in [2.05, 4.69) is 15.2 Å². The van der Waals surface area contributed by atoms with Crippen LogP contribution >= 0.6 is 0 Å². The van der Waals surface area contributed by atoms with Gasteiger partial charge in [0.1, 0.15) is 11.6 Å². The molecule has 1 fully saturated rings. The summed E-state index contributed by atoms with van der Waals surface area (Å²) < 4.78 is 33.5. The zero-order valence-electron chi connectivity index (χ0n) is 19.3. The maximum Gasteiger partial charge on any atom is 0.242 e. The van der Waals surface area contributed by atoms with Crippen molar-refractivity contribution in [1.29, 1.82) is 0 Å². The number of likely N-dealkylation sites (tertiary alicyclic amines) is 1. The molecule has 33 heavy (non-hydrogen) atoms. The Morgan fingerprint density at radius 2 is 2.00 bits per heavy atom. The Hall–Kier alpha value is -2.69. The highest BCUT2D eigenvalue weighted by molar-refractivity contribution is 7.89. The molecule has 0 spiro atoms. The largest absolute Gasteiger partial charge is 0.468 e. The average molecular weight is 474 g/mol. The molecule has 1 aliphatic rings. The quantitative estimate of drug-likeness (QED) is 0.512. The van der Waals surface area contributed by atoms with Crippen LogP contribution in [0.2, 0.25) is 0 Å². The lowest BCUT2D eigenvalue weighted by Crippen LogP contribution is -2.36. The van der Waals surface area contributed by atoms with E-state index in [4.69, 9.17) is 4.42 Å². The van der Waals surface area contributed by atoms with E-state index in [1.807, 2.05) is 23.7 Å². The number of benzene rings is 1. The van der Waals surface area contributed by atoms with Gasteiger partial charge in [0.05, 0.1) is 28.2 Å². The highest BCUT2D eigenvalue weighted by Gasteiger charge is 2.26. The van der Waals surface area contributed by atoms with Gasteiger partial charge in [0.15, 0.2) is 0 Å². The standard InChI is InChI=1S/C23H31N5O4S/c1-26(2)33(30,31)17-8-9-19-18(15-17)25-22(27(19)3)10-11-23(29)24-16-20(21-7-6-14-32-21)28-12-4-5-13-28/h6-9,14-15,20H,4-5,10-13,16H2,1-3H3,(H,24,29). The molecule has 2 aromatic heterocycles. The number of rotatable bonds is 9. The zero-order chi connectivity index (χ0) is 23.6. The van der Waals surface area contributed by atoms with E-state index in [-0.39, 0.29) is 16.8 Å². The fourth-order valence-corrected chi connectivity index (χ4v) is 5.21. The molecule has 0 bridgehead atoms. The topological polar surface area (TPSA) is 101 Å². The summed E-state index contributed by atoms with van der Waals surface area (Å²) in [6, 6.07) is 8.80. The van der Waals surface area contributed by atoms with Crippen molar-refractivity contribution in [2.75, 3.05) is 33.7 Å². The Balaban J connectivity index is 1.40. The lowest BCUT2D eigenvalue weighted by Gasteiger charge is -2.26. The molecule has 9 nitrogen and oxygen atoms in total. The maximum atomic E-state index is 12.6. The molecule has 1 amide bonds. The van der Waals surface area contributed by atoms with Gasteiger partial charge in [0.25, 0.3) is 0 Å². The Kier molecular flexibility index (Phi) is 6.87. The SMILES string of the molecule is CN(C)S(=O)(=O)c1ccc2c(c1)nc(CCC(=O)NCC(c1ccco1)N1CCCC1)n2C. The fourth-order valence-electron chi connectivity index (χ4n) is 4.29. The molecule has 0 radical (unpaired) electrons. The van der Waals surface area contributed by atoms with Gasteiger partial charge < -0.3 is 14.3 Å². The van der Waals surface area contributed by atoms with Crippen LogP contribution in [-0.4, -0.2) is 66.8 Å². The summed E-state index contributed by atoms with van der Waals surface area (Å²) in [6.07, 6.45) is 4.75. The predicted molar refractivity (Wildman–Crippen MR) is 125 cm³/mol.